The zero-order valence-electron chi connectivity index (χ0n) is 11.2. The molecule has 1 saturated carbocycles. The van der Waals surface area contributed by atoms with Crippen LogP contribution in [0, 0.1) is 5.41 Å². The molecule has 1 rings (SSSR count). The fraction of sp³-hybridized carbons (Fsp3) is 0.923. The Hall–Kier alpha value is -0.570. The summed E-state index contributed by atoms with van der Waals surface area (Å²) >= 11 is 0. The van der Waals surface area contributed by atoms with Gasteiger partial charge in [-0.25, -0.2) is 0 Å². The highest BCUT2D eigenvalue weighted by Crippen LogP contribution is 2.30. The van der Waals surface area contributed by atoms with E-state index in [1.165, 1.54) is 12.8 Å². The van der Waals surface area contributed by atoms with Gasteiger partial charge in [-0.2, -0.15) is 0 Å². The van der Waals surface area contributed by atoms with Crippen molar-refractivity contribution in [3.8, 4) is 0 Å². The Morgan fingerprint density at radius 2 is 1.81 bits per heavy atom. The highest BCUT2D eigenvalue weighted by molar-refractivity contribution is 5.77. The van der Waals surface area contributed by atoms with Crippen LogP contribution >= 0.6 is 0 Å². The number of carbonyl (C=O) groups excluding carboxylic acids is 1. The van der Waals surface area contributed by atoms with E-state index in [4.69, 9.17) is 5.73 Å². The number of carbonyl (C=O) groups is 1. The Morgan fingerprint density at radius 1 is 1.31 bits per heavy atom. The SMILES string of the molecule is CN(CC(C)(C)C)C(=O)CC1(N)CCCC1. The van der Waals surface area contributed by atoms with Gasteiger partial charge in [0.2, 0.25) is 5.91 Å². The molecule has 3 heteroatoms. The summed E-state index contributed by atoms with van der Waals surface area (Å²) in [5, 5.41) is 0. The quantitative estimate of drug-likeness (QED) is 0.801. The Morgan fingerprint density at radius 3 is 2.25 bits per heavy atom. The van der Waals surface area contributed by atoms with Gasteiger partial charge in [0.25, 0.3) is 0 Å². The molecule has 1 aliphatic rings. The molecule has 0 saturated heterocycles. The maximum atomic E-state index is 12.0. The zero-order valence-corrected chi connectivity index (χ0v) is 11.2. The van der Waals surface area contributed by atoms with Crippen molar-refractivity contribution < 1.29 is 4.79 Å². The van der Waals surface area contributed by atoms with E-state index in [1.807, 2.05) is 11.9 Å². The molecule has 2 N–H and O–H groups in total. The summed E-state index contributed by atoms with van der Waals surface area (Å²) in [6.07, 6.45) is 4.86. The summed E-state index contributed by atoms with van der Waals surface area (Å²) in [6, 6.07) is 0. The lowest BCUT2D eigenvalue weighted by Crippen LogP contribution is -2.44. The highest BCUT2D eigenvalue weighted by atomic mass is 16.2. The van der Waals surface area contributed by atoms with Gasteiger partial charge >= 0.3 is 0 Å². The van der Waals surface area contributed by atoms with E-state index in [1.54, 1.807) is 0 Å². The van der Waals surface area contributed by atoms with E-state index >= 15 is 0 Å². The van der Waals surface area contributed by atoms with Gasteiger partial charge < -0.3 is 10.6 Å². The third kappa shape index (κ3) is 4.12. The summed E-state index contributed by atoms with van der Waals surface area (Å²) in [5.74, 6) is 0.194. The predicted octanol–water partition coefficient (Wildman–Crippen LogP) is 2.15. The Balaban J connectivity index is 2.45. The van der Waals surface area contributed by atoms with Crippen molar-refractivity contribution in [3.63, 3.8) is 0 Å². The lowest BCUT2D eigenvalue weighted by Gasteiger charge is -2.30. The van der Waals surface area contributed by atoms with Crippen molar-refractivity contribution in [2.24, 2.45) is 11.1 Å². The van der Waals surface area contributed by atoms with E-state index in [0.717, 1.165) is 19.4 Å². The molecule has 0 aliphatic heterocycles. The average Bonchev–Trinajstić information content (AvgIpc) is 2.48. The second-order valence-electron chi connectivity index (χ2n) is 6.56. The van der Waals surface area contributed by atoms with Crippen LogP contribution in [0.3, 0.4) is 0 Å². The Labute approximate surface area is 99.4 Å². The monoisotopic (exact) mass is 226 g/mol. The molecule has 94 valence electrons. The third-order valence-electron chi connectivity index (χ3n) is 3.24. The van der Waals surface area contributed by atoms with Crippen molar-refractivity contribution in [2.75, 3.05) is 13.6 Å². The second kappa shape index (κ2) is 4.74. The van der Waals surface area contributed by atoms with E-state index < -0.39 is 0 Å². The van der Waals surface area contributed by atoms with Crippen molar-refractivity contribution in [2.45, 2.75) is 58.4 Å². The van der Waals surface area contributed by atoms with Gasteiger partial charge in [0.05, 0.1) is 0 Å². The zero-order chi connectivity index (χ0) is 12.4. The first-order valence-electron chi connectivity index (χ1n) is 6.25. The average molecular weight is 226 g/mol. The van der Waals surface area contributed by atoms with Crippen molar-refractivity contribution in [3.05, 3.63) is 0 Å². The molecule has 0 aromatic heterocycles. The fourth-order valence-corrected chi connectivity index (χ4v) is 2.49. The number of rotatable bonds is 3. The molecule has 1 amide bonds. The van der Waals surface area contributed by atoms with Gasteiger partial charge in [0.1, 0.15) is 0 Å². The van der Waals surface area contributed by atoms with Crippen molar-refractivity contribution in [1.29, 1.82) is 0 Å². The fourth-order valence-electron chi connectivity index (χ4n) is 2.49. The number of amides is 1. The van der Waals surface area contributed by atoms with Crippen molar-refractivity contribution >= 4 is 5.91 Å². The Bertz CT molecular complexity index is 249. The molecule has 16 heavy (non-hydrogen) atoms. The maximum Gasteiger partial charge on any atom is 0.224 e. The molecular weight excluding hydrogens is 200 g/mol. The van der Waals surface area contributed by atoms with Crippen LogP contribution < -0.4 is 5.73 Å². The molecule has 1 aliphatic carbocycles. The van der Waals surface area contributed by atoms with Gasteiger partial charge in [0.15, 0.2) is 0 Å². The minimum Gasteiger partial charge on any atom is -0.345 e. The number of hydrogen-bond acceptors (Lipinski definition) is 2. The van der Waals surface area contributed by atoms with Crippen LogP contribution in [-0.2, 0) is 4.79 Å². The summed E-state index contributed by atoms with van der Waals surface area (Å²) in [6.45, 7) is 7.22. The molecule has 0 bridgehead atoms. The molecule has 0 unspecified atom stereocenters. The molecule has 0 spiro atoms. The summed E-state index contributed by atoms with van der Waals surface area (Å²) in [7, 11) is 1.88. The van der Waals surface area contributed by atoms with E-state index in [9.17, 15) is 4.79 Å². The van der Waals surface area contributed by atoms with Crippen LogP contribution in [0.25, 0.3) is 0 Å². The van der Waals surface area contributed by atoms with E-state index in [2.05, 4.69) is 20.8 Å². The molecule has 0 radical (unpaired) electrons. The summed E-state index contributed by atoms with van der Waals surface area (Å²) < 4.78 is 0. The smallest absolute Gasteiger partial charge is 0.224 e. The normalized spacial score (nSPS) is 19.8. The van der Waals surface area contributed by atoms with Crippen LogP contribution in [0.4, 0.5) is 0 Å². The largest absolute Gasteiger partial charge is 0.345 e. The second-order valence-corrected chi connectivity index (χ2v) is 6.56. The molecule has 0 atom stereocenters. The maximum absolute atomic E-state index is 12.0. The number of nitrogens with two attached hydrogens (primary N) is 1. The Kier molecular flexibility index (Phi) is 4.00. The molecule has 0 aromatic rings. The summed E-state index contributed by atoms with van der Waals surface area (Å²) in [5.41, 5.74) is 6.15. The third-order valence-corrected chi connectivity index (χ3v) is 3.24. The van der Waals surface area contributed by atoms with Crippen LogP contribution in [0.5, 0.6) is 0 Å². The van der Waals surface area contributed by atoms with Gasteiger partial charge in [-0.15, -0.1) is 0 Å². The van der Waals surface area contributed by atoms with E-state index in [0.29, 0.717) is 6.42 Å². The number of hydrogen-bond donors (Lipinski definition) is 1. The topological polar surface area (TPSA) is 46.3 Å². The van der Waals surface area contributed by atoms with Gasteiger partial charge in [-0.3, -0.25) is 4.79 Å². The number of nitrogens with zero attached hydrogens (tertiary/aromatic N) is 1. The molecule has 3 nitrogen and oxygen atoms in total. The first-order chi connectivity index (χ1) is 7.22. The van der Waals surface area contributed by atoms with Gasteiger partial charge in [-0.1, -0.05) is 33.6 Å². The highest BCUT2D eigenvalue weighted by Gasteiger charge is 2.33. The van der Waals surface area contributed by atoms with Crippen LogP contribution in [0.15, 0.2) is 0 Å². The summed E-state index contributed by atoms with van der Waals surface area (Å²) in [4.78, 5) is 13.9. The predicted molar refractivity (Wildman–Crippen MR) is 67.1 cm³/mol. The van der Waals surface area contributed by atoms with Crippen LogP contribution in [-0.4, -0.2) is 29.9 Å². The molecule has 1 fully saturated rings. The first kappa shape index (κ1) is 13.5. The minimum atomic E-state index is -0.219. The van der Waals surface area contributed by atoms with E-state index in [-0.39, 0.29) is 16.9 Å². The van der Waals surface area contributed by atoms with Crippen molar-refractivity contribution in [1.82, 2.24) is 4.90 Å². The molecule has 0 aromatic carbocycles. The molecular formula is C13H26N2O. The van der Waals surface area contributed by atoms with Gasteiger partial charge in [0, 0.05) is 25.6 Å². The standard InChI is InChI=1S/C13H26N2O/c1-12(2,3)10-15(4)11(16)9-13(14)7-5-6-8-13/h5-10,14H2,1-4H3. The van der Waals surface area contributed by atoms with Crippen LogP contribution in [0.2, 0.25) is 0 Å². The van der Waals surface area contributed by atoms with Crippen LogP contribution in [0.1, 0.15) is 52.9 Å². The minimum absolute atomic E-state index is 0.155. The first-order valence-corrected chi connectivity index (χ1v) is 6.25. The van der Waals surface area contributed by atoms with Gasteiger partial charge in [-0.05, 0) is 18.3 Å². The lowest BCUT2D eigenvalue weighted by atomic mass is 9.92. The lowest BCUT2D eigenvalue weighted by molar-refractivity contribution is -0.132. The molecule has 0 heterocycles.